The van der Waals surface area contributed by atoms with Gasteiger partial charge in [-0.3, -0.25) is 9.59 Å². The van der Waals surface area contributed by atoms with Crippen LogP contribution in [0.5, 0.6) is 0 Å². The van der Waals surface area contributed by atoms with Gasteiger partial charge in [-0.05, 0) is 47.7 Å². The molecule has 2 heterocycles. The van der Waals surface area contributed by atoms with Gasteiger partial charge >= 0.3 is 5.97 Å². The first-order valence-electron chi connectivity index (χ1n) is 11.9. The summed E-state index contributed by atoms with van der Waals surface area (Å²) in [5, 5.41) is 21.0. The van der Waals surface area contributed by atoms with Crippen molar-refractivity contribution in [1.29, 1.82) is 0 Å². The van der Waals surface area contributed by atoms with Crippen LogP contribution < -0.4 is 10.6 Å². The number of amides is 1. The number of aliphatic carboxylic acids is 1. The number of carboxylic acids is 1. The van der Waals surface area contributed by atoms with Gasteiger partial charge in [0.15, 0.2) is 0 Å². The van der Waals surface area contributed by atoms with E-state index < -0.39 is 5.97 Å². The molecule has 3 N–H and O–H groups in total. The summed E-state index contributed by atoms with van der Waals surface area (Å²) >= 11 is 1.56. The van der Waals surface area contributed by atoms with Gasteiger partial charge in [-0.1, -0.05) is 55.3 Å². The lowest BCUT2D eigenvalue weighted by atomic mass is 9.99. The summed E-state index contributed by atoms with van der Waals surface area (Å²) in [6, 6.07) is 19.4. The van der Waals surface area contributed by atoms with E-state index in [0.717, 1.165) is 41.0 Å². The third-order valence-corrected chi connectivity index (χ3v) is 6.55. The number of rotatable bonds is 12. The molecule has 0 bridgehead atoms. The second-order valence-electron chi connectivity index (χ2n) is 8.34. The molecule has 0 saturated carbocycles. The van der Waals surface area contributed by atoms with E-state index in [1.54, 1.807) is 23.5 Å². The number of carbonyl (C=O) groups excluding carboxylic acids is 1. The number of hydrogen-bond acceptors (Lipinski definition) is 7. The highest BCUT2D eigenvalue weighted by molar-refractivity contribution is 7.13. The van der Waals surface area contributed by atoms with Crippen molar-refractivity contribution in [2.45, 2.75) is 38.6 Å². The van der Waals surface area contributed by atoms with Gasteiger partial charge in [-0.15, -0.1) is 11.3 Å². The fourth-order valence-corrected chi connectivity index (χ4v) is 4.38. The predicted molar refractivity (Wildman–Crippen MR) is 140 cm³/mol. The van der Waals surface area contributed by atoms with Gasteiger partial charge < -0.3 is 20.3 Å². The molecule has 4 aromatic rings. The number of thiophene rings is 1. The fraction of sp³-hybridized carbons (Fsp3) is 0.259. The van der Waals surface area contributed by atoms with Crippen LogP contribution in [0.25, 0.3) is 22.2 Å². The Morgan fingerprint density at radius 1 is 1.08 bits per heavy atom. The van der Waals surface area contributed by atoms with E-state index >= 15 is 0 Å². The van der Waals surface area contributed by atoms with Crippen molar-refractivity contribution in [2.75, 3.05) is 11.9 Å². The molecule has 4 rings (SSSR count). The molecule has 8 nitrogen and oxygen atoms in total. The molecule has 186 valence electrons. The van der Waals surface area contributed by atoms with Gasteiger partial charge in [0, 0.05) is 23.4 Å². The van der Waals surface area contributed by atoms with Gasteiger partial charge in [-0.25, -0.2) is 0 Å². The Balaban J connectivity index is 1.43. The normalized spacial score (nSPS) is 11.7. The Hall–Kier alpha value is -3.98. The van der Waals surface area contributed by atoms with Crippen molar-refractivity contribution in [1.82, 2.24) is 15.5 Å². The number of unbranched alkanes of at least 4 members (excludes halogenated alkanes) is 1. The molecule has 1 unspecified atom stereocenters. The number of anilines is 1. The topological polar surface area (TPSA) is 117 Å². The second kappa shape index (κ2) is 12.1. The molecule has 0 radical (unpaired) electrons. The molecule has 2 aromatic carbocycles. The molecule has 0 aliphatic rings. The summed E-state index contributed by atoms with van der Waals surface area (Å²) in [5.74, 6) is -0.156. The van der Waals surface area contributed by atoms with Crippen LogP contribution in [0, 0.1) is 0 Å². The molecule has 0 spiro atoms. The highest BCUT2D eigenvalue weighted by Crippen LogP contribution is 2.29. The molecule has 0 aliphatic heterocycles. The van der Waals surface area contributed by atoms with Crippen molar-refractivity contribution in [3.8, 4) is 22.2 Å². The van der Waals surface area contributed by atoms with Gasteiger partial charge in [0.2, 0.25) is 5.82 Å². The predicted octanol–water partition coefficient (Wildman–Crippen LogP) is 6.01. The fourth-order valence-electron chi connectivity index (χ4n) is 3.74. The third-order valence-electron chi connectivity index (χ3n) is 5.69. The first-order valence-corrected chi connectivity index (χ1v) is 12.8. The van der Waals surface area contributed by atoms with Crippen LogP contribution in [-0.2, 0) is 4.79 Å². The summed E-state index contributed by atoms with van der Waals surface area (Å²) in [7, 11) is 0. The van der Waals surface area contributed by atoms with Gasteiger partial charge in [0.25, 0.3) is 11.8 Å². The standard InChI is InChI=1S/C27H28N4O4S/c1-2-3-5-22(29-21-13-11-20(12-14-21)26(34)28-16-15-24(32)33)18-7-9-19(10-8-18)25-30-27(35-31-25)23-6-4-17-36-23/h4,6-14,17,22,29H,2-3,5,15-16H2,1H3,(H,28,34)(H,32,33). The van der Waals surface area contributed by atoms with E-state index in [1.807, 2.05) is 41.8 Å². The minimum Gasteiger partial charge on any atom is -0.481 e. The van der Waals surface area contributed by atoms with Gasteiger partial charge in [0.1, 0.15) is 0 Å². The molecular weight excluding hydrogens is 476 g/mol. The molecule has 0 fully saturated rings. The van der Waals surface area contributed by atoms with Crippen LogP contribution >= 0.6 is 11.3 Å². The Bertz CT molecular complexity index is 1270. The quantitative estimate of drug-likeness (QED) is 0.216. The van der Waals surface area contributed by atoms with Crippen molar-refractivity contribution < 1.29 is 19.2 Å². The zero-order chi connectivity index (χ0) is 25.3. The first-order chi connectivity index (χ1) is 17.5. The molecule has 2 aromatic heterocycles. The molecule has 36 heavy (non-hydrogen) atoms. The van der Waals surface area contributed by atoms with Crippen molar-refractivity contribution in [2.24, 2.45) is 0 Å². The minimum atomic E-state index is -0.943. The first kappa shape index (κ1) is 25.1. The van der Waals surface area contributed by atoms with Crippen molar-refractivity contribution >= 4 is 28.9 Å². The highest BCUT2D eigenvalue weighted by atomic mass is 32.1. The van der Waals surface area contributed by atoms with Crippen LogP contribution in [0.2, 0.25) is 0 Å². The van der Waals surface area contributed by atoms with Gasteiger partial charge in [-0.2, -0.15) is 4.98 Å². The molecule has 1 atom stereocenters. The van der Waals surface area contributed by atoms with E-state index in [0.29, 0.717) is 17.3 Å². The molecule has 9 heteroatoms. The number of nitrogens with one attached hydrogen (secondary N) is 2. The third kappa shape index (κ3) is 6.57. The number of hydrogen-bond donors (Lipinski definition) is 3. The highest BCUT2D eigenvalue weighted by Gasteiger charge is 2.15. The lowest BCUT2D eigenvalue weighted by Crippen LogP contribution is -2.25. The number of carboxylic acid groups (broad SMARTS) is 1. The average Bonchev–Trinajstić information content (AvgIpc) is 3.59. The number of benzene rings is 2. The lowest BCUT2D eigenvalue weighted by Gasteiger charge is -2.21. The summed E-state index contributed by atoms with van der Waals surface area (Å²) < 4.78 is 5.41. The van der Waals surface area contributed by atoms with Crippen LogP contribution in [0.1, 0.15) is 54.6 Å². The van der Waals surface area contributed by atoms with E-state index in [4.69, 9.17) is 9.63 Å². The van der Waals surface area contributed by atoms with Crippen LogP contribution in [0.3, 0.4) is 0 Å². The monoisotopic (exact) mass is 504 g/mol. The maximum Gasteiger partial charge on any atom is 0.305 e. The summed E-state index contributed by atoms with van der Waals surface area (Å²) in [6.45, 7) is 2.27. The Morgan fingerprint density at radius 3 is 2.53 bits per heavy atom. The van der Waals surface area contributed by atoms with Gasteiger partial charge in [0.05, 0.1) is 17.3 Å². The maximum absolute atomic E-state index is 12.2. The van der Waals surface area contributed by atoms with Crippen LogP contribution in [-0.4, -0.2) is 33.7 Å². The molecule has 1 amide bonds. The molecular formula is C27H28N4O4S. The maximum atomic E-state index is 12.2. The zero-order valence-electron chi connectivity index (χ0n) is 19.9. The van der Waals surface area contributed by atoms with E-state index in [-0.39, 0.29) is 24.9 Å². The Morgan fingerprint density at radius 2 is 1.86 bits per heavy atom. The van der Waals surface area contributed by atoms with Crippen molar-refractivity contribution in [3.63, 3.8) is 0 Å². The summed E-state index contributed by atoms with van der Waals surface area (Å²) in [5.41, 5.74) is 3.42. The number of nitrogens with zero attached hydrogens (tertiary/aromatic N) is 2. The zero-order valence-corrected chi connectivity index (χ0v) is 20.8. The second-order valence-corrected chi connectivity index (χ2v) is 9.29. The van der Waals surface area contributed by atoms with Crippen LogP contribution in [0.15, 0.2) is 70.6 Å². The van der Waals surface area contributed by atoms with E-state index in [1.165, 1.54) is 0 Å². The molecule has 0 saturated heterocycles. The number of carbonyl (C=O) groups is 2. The Kier molecular flexibility index (Phi) is 8.46. The summed E-state index contributed by atoms with van der Waals surface area (Å²) in [6.07, 6.45) is 3.00. The smallest absolute Gasteiger partial charge is 0.305 e. The average molecular weight is 505 g/mol. The van der Waals surface area contributed by atoms with E-state index in [2.05, 4.69) is 39.8 Å². The largest absolute Gasteiger partial charge is 0.481 e. The summed E-state index contributed by atoms with van der Waals surface area (Å²) in [4.78, 5) is 28.3. The SMILES string of the molecule is CCCCC(Nc1ccc(C(=O)NCCC(=O)O)cc1)c1ccc(-c2noc(-c3cccs3)n2)cc1. The Labute approximate surface area is 213 Å². The molecule has 0 aliphatic carbocycles. The van der Waals surface area contributed by atoms with Crippen LogP contribution in [0.4, 0.5) is 5.69 Å². The lowest BCUT2D eigenvalue weighted by molar-refractivity contribution is -0.136. The van der Waals surface area contributed by atoms with E-state index in [9.17, 15) is 9.59 Å². The number of aromatic nitrogens is 2. The minimum absolute atomic E-state index is 0.0983. The van der Waals surface area contributed by atoms with Crippen molar-refractivity contribution in [3.05, 3.63) is 77.2 Å².